The molecule has 7 heteroatoms. The molecule has 0 fully saturated rings. The molecule has 24 heavy (non-hydrogen) atoms. The quantitative estimate of drug-likeness (QED) is 0.560. The minimum atomic E-state index is -0.512. The Labute approximate surface area is 141 Å². The van der Waals surface area contributed by atoms with Crippen LogP contribution in [-0.4, -0.2) is 41.7 Å². The van der Waals surface area contributed by atoms with Crippen LogP contribution >= 0.6 is 0 Å². The van der Waals surface area contributed by atoms with Gasteiger partial charge in [0.1, 0.15) is 5.69 Å². The smallest absolute Gasteiger partial charge is 0.361 e. The highest BCUT2D eigenvalue weighted by Gasteiger charge is 2.20. The Hall–Kier alpha value is -2.57. The van der Waals surface area contributed by atoms with Crippen molar-refractivity contribution in [3.63, 3.8) is 0 Å². The average molecular weight is 333 g/mol. The van der Waals surface area contributed by atoms with Gasteiger partial charge in [0, 0.05) is 5.56 Å². The molecule has 1 N–H and O–H groups in total. The van der Waals surface area contributed by atoms with E-state index in [0.717, 1.165) is 19.3 Å². The molecule has 130 valence electrons. The molecule has 0 aliphatic rings. The number of hydrogen-bond donors (Lipinski definition) is 1. The van der Waals surface area contributed by atoms with Crippen molar-refractivity contribution in [3.05, 3.63) is 23.9 Å². The predicted molar refractivity (Wildman–Crippen MR) is 89.3 cm³/mol. The Morgan fingerprint density at radius 3 is 2.71 bits per heavy atom. The number of ether oxygens (including phenoxy) is 3. The number of carbonyl (C=O) groups is 1. The summed E-state index contributed by atoms with van der Waals surface area (Å²) in [7, 11) is 1.59. The summed E-state index contributed by atoms with van der Waals surface area (Å²) in [5, 5.41) is 10.4. The molecule has 0 radical (unpaired) electrons. The molecule has 7 nitrogen and oxygen atoms in total. The van der Waals surface area contributed by atoms with Gasteiger partial charge in [0.2, 0.25) is 0 Å². The summed E-state index contributed by atoms with van der Waals surface area (Å²) >= 11 is 0. The van der Waals surface area contributed by atoms with E-state index in [2.05, 4.69) is 22.3 Å². The van der Waals surface area contributed by atoms with Gasteiger partial charge in [-0.25, -0.2) is 4.79 Å². The van der Waals surface area contributed by atoms with Crippen LogP contribution in [0.5, 0.6) is 11.5 Å². The van der Waals surface area contributed by atoms with Crippen LogP contribution in [0.1, 0.15) is 43.6 Å². The first-order chi connectivity index (χ1) is 11.7. The van der Waals surface area contributed by atoms with E-state index in [9.17, 15) is 4.79 Å². The second kappa shape index (κ2) is 8.90. The van der Waals surface area contributed by atoms with Gasteiger partial charge >= 0.3 is 5.97 Å². The molecule has 0 amide bonds. The zero-order valence-electron chi connectivity index (χ0n) is 14.3. The highest BCUT2D eigenvalue weighted by molar-refractivity contribution is 5.94. The molecular weight excluding hydrogens is 310 g/mol. The Morgan fingerprint density at radius 1 is 1.17 bits per heavy atom. The minimum Gasteiger partial charge on any atom is -0.493 e. The van der Waals surface area contributed by atoms with Crippen molar-refractivity contribution in [1.29, 1.82) is 0 Å². The molecule has 0 saturated heterocycles. The Balaban J connectivity index is 2.25. The molecule has 1 aromatic heterocycles. The lowest BCUT2D eigenvalue weighted by molar-refractivity contribution is 0.0520. The zero-order valence-corrected chi connectivity index (χ0v) is 14.3. The van der Waals surface area contributed by atoms with E-state index in [1.54, 1.807) is 32.2 Å². The number of aromatic nitrogens is 3. The number of aromatic amines is 1. The number of benzene rings is 1. The minimum absolute atomic E-state index is 0.152. The van der Waals surface area contributed by atoms with Crippen molar-refractivity contribution in [2.45, 2.75) is 33.1 Å². The lowest BCUT2D eigenvalue weighted by Crippen LogP contribution is -2.07. The standard InChI is InChI=1S/C17H23N3O4/c1-4-6-7-10-24-14-11-12(8-9-13(14)22-3)15-16(19-20-18-15)17(21)23-5-2/h8-9,11H,4-7,10H2,1-3H3,(H,18,19,20). The molecule has 0 unspecified atom stereocenters. The van der Waals surface area contributed by atoms with Crippen molar-refractivity contribution >= 4 is 5.97 Å². The summed E-state index contributed by atoms with van der Waals surface area (Å²) in [5.41, 5.74) is 1.28. The summed E-state index contributed by atoms with van der Waals surface area (Å²) in [6, 6.07) is 5.39. The number of hydrogen-bond acceptors (Lipinski definition) is 6. The molecule has 2 rings (SSSR count). The van der Waals surface area contributed by atoms with Gasteiger partial charge in [-0.15, -0.1) is 5.10 Å². The summed E-state index contributed by atoms with van der Waals surface area (Å²) < 4.78 is 16.1. The van der Waals surface area contributed by atoms with Crippen LogP contribution in [0.2, 0.25) is 0 Å². The van der Waals surface area contributed by atoms with E-state index < -0.39 is 5.97 Å². The fraction of sp³-hybridized carbons (Fsp3) is 0.471. The second-order valence-electron chi connectivity index (χ2n) is 5.16. The van der Waals surface area contributed by atoms with Crippen molar-refractivity contribution in [3.8, 4) is 22.8 Å². The van der Waals surface area contributed by atoms with Crippen LogP contribution in [0, 0.1) is 0 Å². The molecule has 1 aromatic carbocycles. The number of nitrogens with one attached hydrogen (secondary N) is 1. The van der Waals surface area contributed by atoms with Gasteiger partial charge in [-0.3, -0.25) is 0 Å². The maximum absolute atomic E-state index is 12.0. The van der Waals surface area contributed by atoms with E-state index in [0.29, 0.717) is 29.4 Å². The van der Waals surface area contributed by atoms with Gasteiger partial charge in [0.25, 0.3) is 0 Å². The summed E-state index contributed by atoms with van der Waals surface area (Å²) in [6.07, 6.45) is 3.21. The SMILES string of the molecule is CCCCCOc1cc(-c2n[nH]nc2C(=O)OCC)ccc1OC. The van der Waals surface area contributed by atoms with Crippen LogP contribution in [-0.2, 0) is 4.74 Å². The molecule has 0 bridgehead atoms. The first kappa shape index (κ1) is 17.8. The van der Waals surface area contributed by atoms with Gasteiger partial charge in [0.15, 0.2) is 17.2 Å². The number of rotatable bonds is 9. The normalized spacial score (nSPS) is 10.5. The Morgan fingerprint density at radius 2 is 2.00 bits per heavy atom. The van der Waals surface area contributed by atoms with Crippen molar-refractivity contribution in [1.82, 2.24) is 15.4 Å². The Kier molecular flexibility index (Phi) is 6.60. The largest absolute Gasteiger partial charge is 0.493 e. The van der Waals surface area contributed by atoms with Crippen LogP contribution in [0.25, 0.3) is 11.3 Å². The lowest BCUT2D eigenvalue weighted by atomic mass is 10.1. The highest BCUT2D eigenvalue weighted by Crippen LogP contribution is 2.33. The van der Waals surface area contributed by atoms with Gasteiger partial charge in [0.05, 0.1) is 20.3 Å². The first-order valence-electron chi connectivity index (χ1n) is 8.10. The van der Waals surface area contributed by atoms with Crippen LogP contribution in [0.15, 0.2) is 18.2 Å². The summed E-state index contributed by atoms with van der Waals surface area (Å²) in [6.45, 7) is 4.77. The first-order valence-corrected chi connectivity index (χ1v) is 8.10. The van der Waals surface area contributed by atoms with Crippen LogP contribution in [0.4, 0.5) is 0 Å². The van der Waals surface area contributed by atoms with Crippen molar-refractivity contribution in [2.24, 2.45) is 0 Å². The maximum Gasteiger partial charge on any atom is 0.361 e. The van der Waals surface area contributed by atoms with E-state index in [1.165, 1.54) is 0 Å². The molecule has 0 saturated carbocycles. The number of unbranched alkanes of at least 4 members (excludes halogenated alkanes) is 2. The molecule has 2 aromatic rings. The summed E-state index contributed by atoms with van der Waals surface area (Å²) in [4.78, 5) is 12.0. The molecule has 0 atom stereocenters. The van der Waals surface area contributed by atoms with Gasteiger partial charge < -0.3 is 14.2 Å². The van der Waals surface area contributed by atoms with E-state index in [4.69, 9.17) is 14.2 Å². The third kappa shape index (κ3) is 4.24. The van der Waals surface area contributed by atoms with E-state index >= 15 is 0 Å². The van der Waals surface area contributed by atoms with Crippen molar-refractivity contribution < 1.29 is 19.0 Å². The van der Waals surface area contributed by atoms with Gasteiger partial charge in [-0.1, -0.05) is 19.8 Å². The molecule has 1 heterocycles. The fourth-order valence-electron chi connectivity index (χ4n) is 2.24. The number of H-pyrrole nitrogens is 1. The highest BCUT2D eigenvalue weighted by atomic mass is 16.5. The van der Waals surface area contributed by atoms with E-state index in [-0.39, 0.29) is 12.3 Å². The number of methoxy groups -OCH3 is 1. The molecular formula is C17H23N3O4. The zero-order chi connectivity index (χ0) is 17.4. The monoisotopic (exact) mass is 333 g/mol. The van der Waals surface area contributed by atoms with E-state index in [1.807, 2.05) is 0 Å². The second-order valence-corrected chi connectivity index (χ2v) is 5.16. The third-order valence-electron chi connectivity index (χ3n) is 3.46. The predicted octanol–water partition coefficient (Wildman–Crippen LogP) is 3.23. The maximum atomic E-state index is 12.0. The average Bonchev–Trinajstić information content (AvgIpc) is 3.08. The number of nitrogens with zero attached hydrogens (tertiary/aromatic N) is 2. The number of esters is 1. The Bertz CT molecular complexity index is 670. The lowest BCUT2D eigenvalue weighted by Gasteiger charge is -2.12. The van der Waals surface area contributed by atoms with Crippen molar-refractivity contribution in [2.75, 3.05) is 20.3 Å². The summed E-state index contributed by atoms with van der Waals surface area (Å²) in [5.74, 6) is 0.739. The third-order valence-corrected chi connectivity index (χ3v) is 3.46. The van der Waals surface area contributed by atoms with Gasteiger partial charge in [-0.2, -0.15) is 10.3 Å². The topological polar surface area (TPSA) is 86.3 Å². The fourth-order valence-corrected chi connectivity index (χ4v) is 2.24. The molecule has 0 spiro atoms. The molecule has 0 aliphatic heterocycles. The van der Waals surface area contributed by atoms with Gasteiger partial charge in [-0.05, 0) is 31.5 Å². The number of carbonyl (C=O) groups excluding carboxylic acids is 1. The van der Waals surface area contributed by atoms with Crippen LogP contribution in [0.3, 0.4) is 0 Å². The molecule has 0 aliphatic carbocycles. The van der Waals surface area contributed by atoms with Crippen LogP contribution < -0.4 is 9.47 Å².